The molecular formula is C30H44N4O6. The highest BCUT2D eigenvalue weighted by Crippen LogP contribution is 2.25. The van der Waals surface area contributed by atoms with Crippen molar-refractivity contribution in [2.45, 2.75) is 25.7 Å². The van der Waals surface area contributed by atoms with Crippen LogP contribution in [0.5, 0.6) is 5.75 Å². The number of benzene rings is 1. The number of aldehydes is 1. The lowest BCUT2D eigenvalue weighted by Crippen LogP contribution is -2.40. The summed E-state index contributed by atoms with van der Waals surface area (Å²) in [6, 6.07) is 6.27. The third-order valence-corrected chi connectivity index (χ3v) is 6.69. The molecule has 1 saturated heterocycles. The van der Waals surface area contributed by atoms with Crippen molar-refractivity contribution in [1.82, 2.24) is 19.3 Å². The summed E-state index contributed by atoms with van der Waals surface area (Å²) >= 11 is 0. The van der Waals surface area contributed by atoms with Gasteiger partial charge < -0.3 is 38.3 Å². The highest BCUT2D eigenvalue weighted by atomic mass is 16.7. The van der Waals surface area contributed by atoms with Crippen LogP contribution in [0.1, 0.15) is 24.8 Å². The standard InChI is InChI=1S/C14H20N2O.C13H18N2O2.C3H6O3/c1-15(2)8-7-11-10-16(3)14-9-12(17-4)5-6-13(11)14;1-14-6-2-3-12(9-14)13(17)15-7-4-11(10-16)5-8-15;1-5-3-6-2-4/h5-6,9-10H,7-8H2,1-4H3;2,6,9-11H,3-5,7-8H2,1H3;2H,3H2,1H3. The first-order chi connectivity index (χ1) is 19.2. The minimum atomic E-state index is 0.0451. The highest BCUT2D eigenvalue weighted by Gasteiger charge is 2.24. The van der Waals surface area contributed by atoms with E-state index in [1.165, 1.54) is 23.6 Å². The summed E-state index contributed by atoms with van der Waals surface area (Å²) in [7, 11) is 11.4. The monoisotopic (exact) mass is 556 g/mol. The van der Waals surface area contributed by atoms with Gasteiger partial charge in [0.15, 0.2) is 6.79 Å². The molecule has 0 aliphatic carbocycles. The van der Waals surface area contributed by atoms with Crippen LogP contribution in [-0.4, -0.2) is 99.7 Å². The molecule has 10 heteroatoms. The molecule has 1 aromatic carbocycles. The normalized spacial score (nSPS) is 15.0. The van der Waals surface area contributed by atoms with Crippen molar-refractivity contribution in [3.8, 4) is 5.75 Å². The number of methoxy groups -OCH3 is 2. The molecule has 2 aromatic rings. The maximum Gasteiger partial charge on any atom is 0.295 e. The number of carbonyl (C=O) groups is 3. The van der Waals surface area contributed by atoms with E-state index in [-0.39, 0.29) is 18.6 Å². The molecule has 3 heterocycles. The topological polar surface area (TPSA) is 93.6 Å². The zero-order valence-corrected chi connectivity index (χ0v) is 24.7. The molecular weight excluding hydrogens is 512 g/mol. The molecule has 220 valence electrons. The van der Waals surface area contributed by atoms with Crippen LogP contribution in [0.3, 0.4) is 0 Å². The zero-order chi connectivity index (χ0) is 29.5. The number of ether oxygens (including phenoxy) is 3. The average molecular weight is 557 g/mol. The molecule has 10 nitrogen and oxygen atoms in total. The number of aryl methyl sites for hydroxylation is 1. The number of likely N-dealkylation sites (N-methyl/N-ethyl adjacent to an activating group) is 1. The SMILES string of the molecule is CN1C=CCC(C(=O)N2CCC(C=O)CC2)=C1.COCOC=O.COc1ccc2c(CCN(C)C)cn(C)c2c1. The van der Waals surface area contributed by atoms with Crippen molar-refractivity contribution < 1.29 is 28.6 Å². The Morgan fingerprint density at radius 2 is 1.85 bits per heavy atom. The van der Waals surface area contributed by atoms with Gasteiger partial charge in [-0.2, -0.15) is 0 Å². The van der Waals surface area contributed by atoms with Gasteiger partial charge in [-0.05, 0) is 63.7 Å². The van der Waals surface area contributed by atoms with E-state index in [0.29, 0.717) is 26.0 Å². The van der Waals surface area contributed by atoms with E-state index in [0.717, 1.165) is 43.4 Å². The van der Waals surface area contributed by atoms with Crippen LogP contribution >= 0.6 is 0 Å². The number of allylic oxidation sites excluding steroid dienone is 1. The van der Waals surface area contributed by atoms with Gasteiger partial charge in [-0.3, -0.25) is 9.59 Å². The Hall–Kier alpha value is -3.63. The first-order valence-corrected chi connectivity index (χ1v) is 13.4. The maximum atomic E-state index is 12.2. The third kappa shape index (κ3) is 10.2. The summed E-state index contributed by atoms with van der Waals surface area (Å²) in [6.07, 6.45) is 12.4. The summed E-state index contributed by atoms with van der Waals surface area (Å²) in [5, 5.41) is 1.33. The van der Waals surface area contributed by atoms with E-state index < -0.39 is 0 Å². The summed E-state index contributed by atoms with van der Waals surface area (Å²) < 4.78 is 15.8. The van der Waals surface area contributed by atoms with E-state index in [4.69, 9.17) is 4.74 Å². The van der Waals surface area contributed by atoms with Gasteiger partial charge in [0.25, 0.3) is 12.4 Å². The van der Waals surface area contributed by atoms with Gasteiger partial charge in [-0.15, -0.1) is 0 Å². The Morgan fingerprint density at radius 1 is 1.12 bits per heavy atom. The van der Waals surface area contributed by atoms with Crippen LogP contribution in [0.25, 0.3) is 10.9 Å². The number of rotatable bonds is 9. The molecule has 0 spiro atoms. The molecule has 0 saturated carbocycles. The summed E-state index contributed by atoms with van der Waals surface area (Å²) in [4.78, 5) is 38.1. The van der Waals surface area contributed by atoms with Crippen LogP contribution in [0.2, 0.25) is 0 Å². The van der Waals surface area contributed by atoms with Gasteiger partial charge >= 0.3 is 0 Å². The van der Waals surface area contributed by atoms with E-state index in [2.05, 4.69) is 58.4 Å². The van der Waals surface area contributed by atoms with Gasteiger partial charge in [0.1, 0.15) is 12.0 Å². The second-order valence-corrected chi connectivity index (χ2v) is 10.0. The smallest absolute Gasteiger partial charge is 0.295 e. The number of fused-ring (bicyclic) bond motifs is 1. The van der Waals surface area contributed by atoms with E-state index in [1.807, 2.05) is 41.4 Å². The van der Waals surface area contributed by atoms with Crippen LogP contribution in [0, 0.1) is 5.92 Å². The number of hydrogen-bond donors (Lipinski definition) is 0. The number of piperidine rings is 1. The minimum Gasteiger partial charge on any atom is -0.497 e. The predicted octanol–water partition coefficient (Wildman–Crippen LogP) is 3.21. The molecule has 1 aromatic heterocycles. The number of carbonyl (C=O) groups excluding carboxylic acids is 3. The first-order valence-electron chi connectivity index (χ1n) is 13.4. The van der Waals surface area contributed by atoms with Crippen molar-refractivity contribution in [1.29, 1.82) is 0 Å². The predicted molar refractivity (Wildman–Crippen MR) is 156 cm³/mol. The molecule has 40 heavy (non-hydrogen) atoms. The van der Waals surface area contributed by atoms with Crippen LogP contribution in [0.15, 0.2) is 48.4 Å². The van der Waals surface area contributed by atoms with Gasteiger partial charge in [0.05, 0.1) is 12.6 Å². The van der Waals surface area contributed by atoms with Gasteiger partial charge in [0.2, 0.25) is 0 Å². The molecule has 1 fully saturated rings. The van der Waals surface area contributed by atoms with Crippen molar-refractivity contribution in [3.63, 3.8) is 0 Å². The fourth-order valence-corrected chi connectivity index (χ4v) is 4.49. The summed E-state index contributed by atoms with van der Waals surface area (Å²) in [5.41, 5.74) is 3.47. The molecule has 0 N–H and O–H groups in total. The largest absolute Gasteiger partial charge is 0.497 e. The Labute approximate surface area is 237 Å². The lowest BCUT2D eigenvalue weighted by atomic mass is 9.97. The molecule has 2 aliphatic rings. The van der Waals surface area contributed by atoms with E-state index in [1.54, 1.807) is 7.11 Å². The van der Waals surface area contributed by atoms with Gasteiger partial charge in [0, 0.05) is 76.2 Å². The van der Waals surface area contributed by atoms with Crippen molar-refractivity contribution in [3.05, 3.63) is 54.0 Å². The average Bonchev–Trinajstić information content (AvgIpc) is 3.29. The van der Waals surface area contributed by atoms with Crippen LogP contribution in [-0.2, 0) is 37.3 Å². The number of aromatic nitrogens is 1. The summed E-state index contributed by atoms with van der Waals surface area (Å²) in [6.45, 7) is 2.86. The molecule has 2 aliphatic heterocycles. The van der Waals surface area contributed by atoms with Gasteiger partial charge in [-0.25, -0.2) is 0 Å². The van der Waals surface area contributed by atoms with Gasteiger partial charge in [-0.1, -0.05) is 6.08 Å². The number of nitrogens with zero attached hydrogens (tertiary/aromatic N) is 4. The molecule has 1 amide bonds. The molecule has 0 radical (unpaired) electrons. The highest BCUT2D eigenvalue weighted by molar-refractivity contribution is 5.94. The summed E-state index contributed by atoms with van der Waals surface area (Å²) in [5.74, 6) is 1.17. The molecule has 0 unspecified atom stereocenters. The van der Waals surface area contributed by atoms with Crippen molar-refractivity contribution in [2.24, 2.45) is 13.0 Å². The number of amides is 1. The Morgan fingerprint density at radius 3 is 2.40 bits per heavy atom. The Kier molecular flexibility index (Phi) is 14.0. The first kappa shape index (κ1) is 32.6. The molecule has 0 atom stereocenters. The van der Waals surface area contributed by atoms with E-state index in [9.17, 15) is 14.4 Å². The van der Waals surface area contributed by atoms with Crippen LogP contribution in [0.4, 0.5) is 0 Å². The van der Waals surface area contributed by atoms with Crippen LogP contribution < -0.4 is 4.74 Å². The Bertz CT molecular complexity index is 1150. The fourth-order valence-electron chi connectivity index (χ4n) is 4.49. The molecule has 0 bridgehead atoms. The van der Waals surface area contributed by atoms with Crippen molar-refractivity contribution >= 4 is 29.6 Å². The minimum absolute atomic E-state index is 0.0451. The maximum absolute atomic E-state index is 12.2. The second kappa shape index (κ2) is 17.1. The van der Waals surface area contributed by atoms with Crippen molar-refractivity contribution in [2.75, 3.05) is 61.8 Å². The third-order valence-electron chi connectivity index (χ3n) is 6.69. The van der Waals surface area contributed by atoms with E-state index >= 15 is 0 Å². The number of likely N-dealkylation sites (tertiary alicyclic amines) is 1. The lowest BCUT2D eigenvalue weighted by molar-refractivity contribution is -0.138. The number of hydrogen-bond acceptors (Lipinski definition) is 8. The lowest BCUT2D eigenvalue weighted by Gasteiger charge is -2.31. The fraction of sp³-hybridized carbons (Fsp3) is 0.500. The zero-order valence-electron chi connectivity index (χ0n) is 24.7. The quantitative estimate of drug-likeness (QED) is 0.264. The Balaban J connectivity index is 0.000000234. The molecule has 4 rings (SSSR count). The second-order valence-electron chi connectivity index (χ2n) is 10.0.